The maximum atomic E-state index is 11.7. The van der Waals surface area contributed by atoms with Crippen LogP contribution in [0.2, 0.25) is 0 Å². The Morgan fingerprint density at radius 1 is 1.29 bits per heavy atom. The number of rotatable bonds is 4. The molecule has 0 radical (unpaired) electrons. The molecule has 0 bridgehead atoms. The first kappa shape index (κ1) is 12.0. The average Bonchev–Trinajstić information content (AvgIpc) is 2.24. The van der Waals surface area contributed by atoms with E-state index in [1.807, 2.05) is 14.1 Å². The molecule has 0 unspecified atom stereocenters. The first-order valence-corrected chi connectivity index (χ1v) is 6.21. The maximum Gasteiger partial charge on any atom is 0.223 e. The van der Waals surface area contributed by atoms with E-state index in [0.717, 1.165) is 18.4 Å². The Morgan fingerprint density at radius 2 is 1.94 bits per heavy atom. The molecule has 1 aromatic rings. The predicted molar refractivity (Wildman–Crippen MR) is 70.0 cm³/mol. The van der Waals surface area contributed by atoms with Crippen molar-refractivity contribution in [3.05, 3.63) is 29.8 Å². The molecule has 2 rings (SSSR count). The molecule has 3 nitrogen and oxygen atoms in total. The second kappa shape index (κ2) is 5.21. The number of anilines is 1. The number of carbonyl (C=O) groups excluding carboxylic acids is 1. The molecule has 1 amide bonds. The number of carbonyl (C=O) groups is 1. The molecule has 92 valence electrons. The summed E-state index contributed by atoms with van der Waals surface area (Å²) in [6, 6.07) is 8.28. The van der Waals surface area contributed by atoms with Crippen LogP contribution in [0.25, 0.3) is 0 Å². The number of nitrogens with zero attached hydrogens (tertiary/aromatic N) is 1. The molecular formula is C14H20N2O. The van der Waals surface area contributed by atoms with Crippen LogP contribution in [0.1, 0.15) is 24.8 Å². The molecule has 0 spiro atoms. The van der Waals surface area contributed by atoms with Crippen molar-refractivity contribution in [2.75, 3.05) is 19.0 Å². The van der Waals surface area contributed by atoms with E-state index >= 15 is 0 Å². The van der Waals surface area contributed by atoms with E-state index in [2.05, 4.69) is 34.5 Å². The number of amides is 1. The second-order valence-electron chi connectivity index (χ2n) is 4.91. The van der Waals surface area contributed by atoms with Crippen LogP contribution in [0.15, 0.2) is 24.3 Å². The van der Waals surface area contributed by atoms with Crippen LogP contribution >= 0.6 is 0 Å². The monoisotopic (exact) mass is 232 g/mol. The summed E-state index contributed by atoms with van der Waals surface area (Å²) in [5.74, 6) is 0.490. The normalized spacial score (nSPS) is 15.2. The van der Waals surface area contributed by atoms with Crippen molar-refractivity contribution in [1.29, 1.82) is 0 Å². The maximum absolute atomic E-state index is 11.7. The van der Waals surface area contributed by atoms with E-state index in [4.69, 9.17) is 0 Å². The Labute approximate surface area is 103 Å². The van der Waals surface area contributed by atoms with Crippen LogP contribution in [-0.4, -0.2) is 20.0 Å². The van der Waals surface area contributed by atoms with E-state index in [1.165, 1.54) is 12.1 Å². The molecule has 0 heterocycles. The van der Waals surface area contributed by atoms with Crippen LogP contribution in [-0.2, 0) is 11.3 Å². The fraction of sp³-hybridized carbons (Fsp3) is 0.500. The summed E-state index contributed by atoms with van der Waals surface area (Å²) in [4.78, 5) is 13.7. The van der Waals surface area contributed by atoms with Gasteiger partial charge in [0.1, 0.15) is 0 Å². The molecule has 3 heteroatoms. The third-order valence-electron chi connectivity index (χ3n) is 3.40. The summed E-state index contributed by atoms with van der Waals surface area (Å²) in [7, 11) is 4.04. The highest BCUT2D eigenvalue weighted by Crippen LogP contribution is 2.26. The zero-order valence-corrected chi connectivity index (χ0v) is 10.6. The number of hydrogen-bond acceptors (Lipinski definition) is 2. The van der Waals surface area contributed by atoms with Gasteiger partial charge in [-0.3, -0.25) is 4.79 Å². The van der Waals surface area contributed by atoms with Crippen molar-refractivity contribution in [2.24, 2.45) is 5.92 Å². The molecule has 17 heavy (non-hydrogen) atoms. The van der Waals surface area contributed by atoms with Crippen molar-refractivity contribution in [3.8, 4) is 0 Å². The van der Waals surface area contributed by atoms with Crippen LogP contribution in [0.3, 0.4) is 0 Å². The van der Waals surface area contributed by atoms with Crippen LogP contribution in [0.5, 0.6) is 0 Å². The van der Waals surface area contributed by atoms with Gasteiger partial charge in [-0.25, -0.2) is 0 Å². The van der Waals surface area contributed by atoms with E-state index < -0.39 is 0 Å². The van der Waals surface area contributed by atoms with E-state index in [-0.39, 0.29) is 11.8 Å². The molecule has 1 fully saturated rings. The van der Waals surface area contributed by atoms with Crippen LogP contribution in [0.4, 0.5) is 5.69 Å². The SMILES string of the molecule is CN(C)c1ccc(CNC(=O)C2CCC2)cc1. The topological polar surface area (TPSA) is 32.3 Å². The summed E-state index contributed by atoms with van der Waals surface area (Å²) in [5, 5.41) is 3.00. The van der Waals surface area contributed by atoms with Gasteiger partial charge in [0.15, 0.2) is 0 Å². The van der Waals surface area contributed by atoms with Gasteiger partial charge in [-0.15, -0.1) is 0 Å². The van der Waals surface area contributed by atoms with Gasteiger partial charge in [0.2, 0.25) is 5.91 Å². The fourth-order valence-corrected chi connectivity index (χ4v) is 1.92. The van der Waals surface area contributed by atoms with Gasteiger partial charge >= 0.3 is 0 Å². The highest BCUT2D eigenvalue weighted by molar-refractivity contribution is 5.79. The van der Waals surface area contributed by atoms with Crippen molar-refractivity contribution in [1.82, 2.24) is 5.32 Å². The van der Waals surface area contributed by atoms with Gasteiger partial charge in [-0.05, 0) is 30.5 Å². The summed E-state index contributed by atoms with van der Waals surface area (Å²) in [6.45, 7) is 0.642. The summed E-state index contributed by atoms with van der Waals surface area (Å²) < 4.78 is 0. The van der Waals surface area contributed by atoms with Crippen molar-refractivity contribution in [3.63, 3.8) is 0 Å². The molecule has 1 saturated carbocycles. The lowest BCUT2D eigenvalue weighted by Gasteiger charge is -2.24. The lowest BCUT2D eigenvalue weighted by molar-refractivity contribution is -0.127. The molecule has 0 aromatic heterocycles. The molecular weight excluding hydrogens is 212 g/mol. The quantitative estimate of drug-likeness (QED) is 0.863. The Morgan fingerprint density at radius 3 is 2.41 bits per heavy atom. The highest BCUT2D eigenvalue weighted by atomic mass is 16.1. The minimum atomic E-state index is 0.216. The molecule has 1 aromatic carbocycles. The molecule has 1 aliphatic carbocycles. The Balaban J connectivity index is 1.84. The van der Waals surface area contributed by atoms with Crippen LogP contribution in [0, 0.1) is 5.92 Å². The largest absolute Gasteiger partial charge is 0.378 e. The zero-order valence-electron chi connectivity index (χ0n) is 10.6. The molecule has 0 atom stereocenters. The third-order valence-corrected chi connectivity index (χ3v) is 3.40. The van der Waals surface area contributed by atoms with Gasteiger partial charge < -0.3 is 10.2 Å². The second-order valence-corrected chi connectivity index (χ2v) is 4.91. The average molecular weight is 232 g/mol. The first-order valence-electron chi connectivity index (χ1n) is 6.21. The van der Waals surface area contributed by atoms with Crippen molar-refractivity contribution >= 4 is 11.6 Å². The predicted octanol–water partition coefficient (Wildman–Crippen LogP) is 2.17. The van der Waals surface area contributed by atoms with Crippen LogP contribution < -0.4 is 10.2 Å². The smallest absolute Gasteiger partial charge is 0.223 e. The summed E-state index contributed by atoms with van der Waals surface area (Å²) in [5.41, 5.74) is 2.34. The zero-order chi connectivity index (χ0) is 12.3. The van der Waals surface area contributed by atoms with Gasteiger partial charge in [-0.2, -0.15) is 0 Å². The summed E-state index contributed by atoms with van der Waals surface area (Å²) in [6.07, 6.45) is 3.33. The number of hydrogen-bond donors (Lipinski definition) is 1. The standard InChI is InChI=1S/C14H20N2O/c1-16(2)13-8-6-11(7-9-13)10-15-14(17)12-4-3-5-12/h6-9,12H,3-5,10H2,1-2H3,(H,15,17). The van der Waals surface area contributed by atoms with Crippen molar-refractivity contribution < 1.29 is 4.79 Å². The fourth-order valence-electron chi connectivity index (χ4n) is 1.92. The van der Waals surface area contributed by atoms with Gasteiger partial charge in [0.05, 0.1) is 0 Å². The van der Waals surface area contributed by atoms with Crippen molar-refractivity contribution in [2.45, 2.75) is 25.8 Å². The lowest BCUT2D eigenvalue weighted by Crippen LogP contribution is -2.33. The molecule has 0 saturated heterocycles. The Hall–Kier alpha value is -1.51. The molecule has 1 N–H and O–H groups in total. The molecule has 1 aliphatic rings. The lowest BCUT2D eigenvalue weighted by atomic mass is 9.85. The Kier molecular flexibility index (Phi) is 3.67. The third kappa shape index (κ3) is 2.99. The Bertz CT molecular complexity index is 380. The van der Waals surface area contributed by atoms with E-state index in [0.29, 0.717) is 6.54 Å². The minimum Gasteiger partial charge on any atom is -0.378 e. The highest BCUT2D eigenvalue weighted by Gasteiger charge is 2.24. The number of benzene rings is 1. The van der Waals surface area contributed by atoms with Gasteiger partial charge in [-0.1, -0.05) is 18.6 Å². The van der Waals surface area contributed by atoms with E-state index in [9.17, 15) is 4.79 Å². The van der Waals surface area contributed by atoms with E-state index in [1.54, 1.807) is 0 Å². The molecule has 0 aliphatic heterocycles. The summed E-state index contributed by atoms with van der Waals surface area (Å²) >= 11 is 0. The van der Waals surface area contributed by atoms with Gasteiger partial charge in [0, 0.05) is 32.2 Å². The van der Waals surface area contributed by atoms with Gasteiger partial charge in [0.25, 0.3) is 0 Å². The number of nitrogens with one attached hydrogen (secondary N) is 1. The minimum absolute atomic E-state index is 0.216. The first-order chi connectivity index (χ1) is 8.16.